The van der Waals surface area contributed by atoms with E-state index in [2.05, 4.69) is 14.8 Å². The minimum atomic E-state index is -0.541. The van der Waals surface area contributed by atoms with Crippen molar-refractivity contribution >= 4 is 46.3 Å². The molecule has 0 radical (unpaired) electrons. The summed E-state index contributed by atoms with van der Waals surface area (Å²) in [6.07, 6.45) is 4.55. The Labute approximate surface area is 303 Å². The van der Waals surface area contributed by atoms with E-state index in [9.17, 15) is 19.5 Å². The molecule has 6 rings (SSSR count). The van der Waals surface area contributed by atoms with Crippen LogP contribution >= 0.6 is 11.6 Å². The third kappa shape index (κ3) is 8.43. The summed E-state index contributed by atoms with van der Waals surface area (Å²) in [6.45, 7) is 12.2. The number of ketones is 1. The number of hydrogen-bond donors (Lipinski definition) is 2. The Morgan fingerprint density at radius 3 is 2.53 bits per heavy atom. The number of nitrogens with zero attached hydrogens (tertiary/aromatic N) is 4. The number of aromatic amines is 1. The van der Waals surface area contributed by atoms with Crippen LogP contribution in [-0.4, -0.2) is 87.8 Å². The monoisotopic (exact) mass is 715 g/mol. The van der Waals surface area contributed by atoms with Gasteiger partial charge in [0, 0.05) is 61.6 Å². The zero-order valence-corrected chi connectivity index (χ0v) is 30.4. The summed E-state index contributed by atoms with van der Waals surface area (Å²) in [5, 5.41) is 11.4. The second-order valence-corrected chi connectivity index (χ2v) is 14.5. The van der Waals surface area contributed by atoms with Crippen LogP contribution in [0.15, 0.2) is 65.5 Å². The number of halogens is 1. The lowest BCUT2D eigenvalue weighted by Gasteiger charge is -2.36. The van der Waals surface area contributed by atoms with Crippen LogP contribution in [0, 0.1) is 0 Å². The number of piperidine rings is 1. The van der Waals surface area contributed by atoms with E-state index in [1.54, 1.807) is 17.0 Å². The molecule has 1 amide bonds. The van der Waals surface area contributed by atoms with Gasteiger partial charge in [-0.25, -0.2) is 9.59 Å². The molecule has 1 unspecified atom stereocenters. The van der Waals surface area contributed by atoms with Crippen LogP contribution in [-0.2, 0) is 11.3 Å². The molecule has 11 nitrogen and oxygen atoms in total. The van der Waals surface area contributed by atoms with Gasteiger partial charge in [-0.1, -0.05) is 29.8 Å². The normalized spacial score (nSPS) is 17.3. The van der Waals surface area contributed by atoms with Gasteiger partial charge in [0.25, 0.3) is 0 Å². The van der Waals surface area contributed by atoms with E-state index in [0.29, 0.717) is 62.2 Å². The van der Waals surface area contributed by atoms with E-state index in [4.69, 9.17) is 21.1 Å². The van der Waals surface area contributed by atoms with Gasteiger partial charge in [-0.3, -0.25) is 14.3 Å². The number of aromatic nitrogens is 2. The number of phenols is 1. The van der Waals surface area contributed by atoms with Crippen molar-refractivity contribution in [3.8, 4) is 11.5 Å². The van der Waals surface area contributed by atoms with Crippen molar-refractivity contribution in [2.45, 2.75) is 58.7 Å². The third-order valence-electron chi connectivity index (χ3n) is 9.30. The lowest BCUT2D eigenvalue weighted by atomic mass is 10.0. The number of likely N-dealkylation sites (tertiary alicyclic amines) is 1. The van der Waals surface area contributed by atoms with Gasteiger partial charge < -0.3 is 29.4 Å². The fraction of sp³-hybridized carbons (Fsp3) is 0.410. The summed E-state index contributed by atoms with van der Waals surface area (Å²) in [7, 11) is 0. The molecule has 2 N–H and O–H groups in total. The van der Waals surface area contributed by atoms with E-state index < -0.39 is 5.60 Å². The van der Waals surface area contributed by atoms with Gasteiger partial charge in [-0.2, -0.15) is 0 Å². The Balaban J connectivity index is 1.13. The predicted octanol–water partition coefficient (Wildman–Crippen LogP) is 6.88. The Bertz CT molecular complexity index is 1990. The Morgan fingerprint density at radius 2 is 1.80 bits per heavy atom. The molecule has 2 aliphatic rings. The molecule has 270 valence electrons. The van der Waals surface area contributed by atoms with Crippen LogP contribution in [0.5, 0.6) is 11.5 Å². The molecule has 12 heteroatoms. The second kappa shape index (κ2) is 15.2. The first kappa shape index (κ1) is 36.1. The average molecular weight is 716 g/mol. The van der Waals surface area contributed by atoms with Crippen LogP contribution in [0.1, 0.15) is 68.1 Å². The molecule has 3 aromatic carbocycles. The number of fused-ring (bicyclic) bond motifs is 1. The Morgan fingerprint density at radius 1 is 1.04 bits per heavy atom. The van der Waals surface area contributed by atoms with Crippen molar-refractivity contribution in [1.29, 1.82) is 0 Å². The maximum Gasteiger partial charge on any atom is 0.410 e. The van der Waals surface area contributed by atoms with Crippen molar-refractivity contribution in [2.75, 3.05) is 50.8 Å². The number of imidazole rings is 1. The van der Waals surface area contributed by atoms with Gasteiger partial charge in [0.2, 0.25) is 0 Å². The van der Waals surface area contributed by atoms with Crippen molar-refractivity contribution in [1.82, 2.24) is 19.4 Å². The van der Waals surface area contributed by atoms with Crippen molar-refractivity contribution in [3.05, 3.63) is 92.9 Å². The molecule has 1 aromatic heterocycles. The fourth-order valence-corrected chi connectivity index (χ4v) is 7.10. The molecule has 3 heterocycles. The number of aromatic hydroxyl groups is 1. The summed E-state index contributed by atoms with van der Waals surface area (Å²) < 4.78 is 13.2. The first-order chi connectivity index (χ1) is 24.4. The third-order valence-corrected chi connectivity index (χ3v) is 9.63. The fourth-order valence-electron chi connectivity index (χ4n) is 6.86. The van der Waals surface area contributed by atoms with Crippen LogP contribution in [0.25, 0.3) is 17.1 Å². The number of nitrogens with one attached hydrogen (secondary N) is 1. The van der Waals surface area contributed by atoms with Gasteiger partial charge >= 0.3 is 11.8 Å². The average Bonchev–Trinajstić information content (AvgIpc) is 3.44. The minimum Gasteiger partial charge on any atom is -0.507 e. The number of carbonyl (C=O) groups excluding carboxylic acids is 2. The molecule has 0 bridgehead atoms. The maximum atomic E-state index is 13.5. The number of phenolic OH excluding ortho intramolecular Hbond substituents is 1. The van der Waals surface area contributed by atoms with Gasteiger partial charge in [-0.15, -0.1) is 0 Å². The van der Waals surface area contributed by atoms with Crippen molar-refractivity contribution < 1.29 is 24.2 Å². The summed E-state index contributed by atoms with van der Waals surface area (Å²) in [5.41, 5.74) is 3.60. The number of H-pyrrole nitrogens is 1. The number of allylic oxidation sites excluding steroid dienone is 1. The number of piperazine rings is 1. The molecule has 2 fully saturated rings. The van der Waals surface area contributed by atoms with Crippen molar-refractivity contribution in [3.63, 3.8) is 0 Å². The molecule has 4 aromatic rings. The minimum absolute atomic E-state index is 0.00271. The number of amides is 1. The molecule has 0 saturated carbocycles. The quantitative estimate of drug-likeness (QED) is 0.142. The summed E-state index contributed by atoms with van der Waals surface area (Å²) in [5.74, 6) is -0.00442. The zero-order chi connectivity index (χ0) is 36.3. The molecule has 0 aliphatic carbocycles. The summed E-state index contributed by atoms with van der Waals surface area (Å²) >= 11 is 6.67. The predicted molar refractivity (Wildman–Crippen MR) is 200 cm³/mol. The second-order valence-electron chi connectivity index (χ2n) is 14.1. The molecular weight excluding hydrogens is 670 g/mol. The largest absolute Gasteiger partial charge is 0.507 e. The highest BCUT2D eigenvalue weighted by Crippen LogP contribution is 2.33. The van der Waals surface area contributed by atoms with Gasteiger partial charge in [-0.05, 0) is 95.1 Å². The summed E-state index contributed by atoms with van der Waals surface area (Å²) in [4.78, 5) is 48.0. The molecule has 2 saturated heterocycles. The lowest BCUT2D eigenvalue weighted by molar-refractivity contribution is 0.0240. The number of anilines is 1. The highest BCUT2D eigenvalue weighted by molar-refractivity contribution is 6.32. The molecule has 51 heavy (non-hydrogen) atoms. The molecule has 2 aliphatic heterocycles. The maximum absolute atomic E-state index is 13.5. The SMILES string of the molecule is CCOc1cc(O)c(C(=O)/C=C/c2ccc(N3CCN(C(=O)OC(C)(C)C)CC3)cc2Cl)cc1CN1CCCC(n2c(=O)[nH]c3ccccc32)C1. The number of benzene rings is 3. The van der Waals surface area contributed by atoms with E-state index in [0.717, 1.165) is 41.7 Å². The first-order valence-electron chi connectivity index (χ1n) is 17.6. The smallest absolute Gasteiger partial charge is 0.410 e. The number of ether oxygens (including phenoxy) is 2. The Kier molecular flexibility index (Phi) is 10.8. The standard InChI is InChI=1S/C39H46ClN5O6/c1-5-50-36-23-35(47)30(21-27(36)24-42-16-8-9-29(25-42)45-33-11-7-6-10-32(33)41-37(45)48)34(46)15-13-26-12-14-28(22-31(26)40)43-17-19-44(20-18-43)38(49)51-39(2,3)4/h6-7,10-15,21-23,29,47H,5,8-9,16-20,24-25H2,1-4H3,(H,41,48)/b15-13+. The van der Waals surface area contributed by atoms with Gasteiger partial charge in [0.05, 0.1) is 29.2 Å². The van der Waals surface area contributed by atoms with E-state index in [1.165, 1.54) is 12.1 Å². The summed E-state index contributed by atoms with van der Waals surface area (Å²) in [6, 6.07) is 16.6. The molecular formula is C39H46ClN5O6. The Hall–Kier alpha value is -4.74. The lowest BCUT2D eigenvalue weighted by Crippen LogP contribution is -2.50. The molecule has 1 atom stereocenters. The van der Waals surface area contributed by atoms with E-state index in [-0.39, 0.29) is 34.9 Å². The highest BCUT2D eigenvalue weighted by Gasteiger charge is 2.27. The van der Waals surface area contributed by atoms with Crippen LogP contribution in [0.2, 0.25) is 5.02 Å². The number of para-hydroxylation sites is 2. The van der Waals surface area contributed by atoms with Crippen LogP contribution in [0.3, 0.4) is 0 Å². The van der Waals surface area contributed by atoms with Gasteiger partial charge in [0.15, 0.2) is 5.78 Å². The van der Waals surface area contributed by atoms with E-state index >= 15 is 0 Å². The number of rotatable bonds is 9. The molecule has 0 spiro atoms. The van der Waals surface area contributed by atoms with E-state index in [1.807, 2.05) is 74.7 Å². The van der Waals surface area contributed by atoms with Crippen molar-refractivity contribution in [2.24, 2.45) is 0 Å². The number of hydrogen-bond acceptors (Lipinski definition) is 8. The van der Waals surface area contributed by atoms with Crippen LogP contribution in [0.4, 0.5) is 10.5 Å². The highest BCUT2D eigenvalue weighted by atomic mass is 35.5. The van der Waals surface area contributed by atoms with Crippen LogP contribution < -0.4 is 15.3 Å². The zero-order valence-electron chi connectivity index (χ0n) is 29.7. The number of carbonyl (C=O) groups is 2. The van der Waals surface area contributed by atoms with Gasteiger partial charge in [0.1, 0.15) is 17.1 Å². The topological polar surface area (TPSA) is 120 Å². The first-order valence-corrected chi connectivity index (χ1v) is 17.9.